The van der Waals surface area contributed by atoms with Crippen LogP contribution in [0.5, 0.6) is 5.75 Å². The topological polar surface area (TPSA) is 84.9 Å². The highest BCUT2D eigenvalue weighted by molar-refractivity contribution is 6.21. The van der Waals surface area contributed by atoms with E-state index in [-0.39, 0.29) is 24.0 Å². The van der Waals surface area contributed by atoms with Gasteiger partial charge >= 0.3 is 6.09 Å². The Balaban J connectivity index is 1.26. The number of aryl methyl sites for hydroxylation is 1. The molecule has 35 heavy (non-hydrogen) atoms. The van der Waals surface area contributed by atoms with E-state index < -0.39 is 6.09 Å². The summed E-state index contributed by atoms with van der Waals surface area (Å²) in [5.74, 6) is 0.180. The average Bonchev–Trinajstić information content (AvgIpc) is 3.09. The van der Waals surface area contributed by atoms with E-state index in [0.29, 0.717) is 40.1 Å². The number of benzene rings is 2. The van der Waals surface area contributed by atoms with Crippen molar-refractivity contribution in [1.29, 1.82) is 0 Å². The number of quaternary nitrogens is 1. The highest BCUT2D eigenvalue weighted by atomic mass is 16.6. The van der Waals surface area contributed by atoms with Crippen molar-refractivity contribution in [2.45, 2.75) is 51.2 Å². The molecule has 1 N–H and O–H groups in total. The van der Waals surface area contributed by atoms with Crippen LogP contribution in [0.1, 0.15) is 58.4 Å². The molecule has 3 heterocycles. The zero-order valence-corrected chi connectivity index (χ0v) is 20.3. The zero-order chi connectivity index (χ0) is 24.6. The summed E-state index contributed by atoms with van der Waals surface area (Å²) in [6.45, 7) is 4.03. The van der Waals surface area contributed by atoms with Crippen molar-refractivity contribution in [3.63, 3.8) is 0 Å². The van der Waals surface area contributed by atoms with Crippen LogP contribution in [0.25, 0.3) is 0 Å². The van der Waals surface area contributed by atoms with E-state index in [0.717, 1.165) is 44.3 Å². The van der Waals surface area contributed by atoms with Crippen molar-refractivity contribution in [1.82, 2.24) is 4.90 Å². The van der Waals surface area contributed by atoms with Gasteiger partial charge in [0.15, 0.2) is 6.67 Å². The minimum Gasteiger partial charge on any atom is -0.495 e. The number of rotatable bonds is 5. The number of nitrogens with one attached hydrogen (secondary N) is 1. The van der Waals surface area contributed by atoms with Crippen LogP contribution in [0.4, 0.5) is 10.5 Å². The van der Waals surface area contributed by atoms with Gasteiger partial charge in [-0.05, 0) is 56.0 Å². The number of ether oxygens (including phenoxy) is 2. The molecule has 2 aromatic rings. The summed E-state index contributed by atoms with van der Waals surface area (Å²) in [6, 6.07) is 12.9. The summed E-state index contributed by atoms with van der Waals surface area (Å²) < 4.78 is 11.9. The summed E-state index contributed by atoms with van der Waals surface area (Å²) in [4.78, 5) is 40.2. The molecule has 0 aliphatic carbocycles. The van der Waals surface area contributed by atoms with Gasteiger partial charge in [0.25, 0.3) is 11.8 Å². The number of methoxy groups -OCH3 is 1. The van der Waals surface area contributed by atoms with Crippen LogP contribution in [0.3, 0.4) is 0 Å². The first-order valence-corrected chi connectivity index (χ1v) is 12.3. The Labute approximate surface area is 205 Å². The highest BCUT2D eigenvalue weighted by Gasteiger charge is 2.49. The van der Waals surface area contributed by atoms with E-state index in [2.05, 4.69) is 5.32 Å². The number of carbonyl (C=O) groups excluding carboxylic acids is 3. The third-order valence-electron chi connectivity index (χ3n) is 7.76. The largest absolute Gasteiger partial charge is 0.495 e. The molecule has 0 spiro atoms. The van der Waals surface area contributed by atoms with Crippen LogP contribution < -0.4 is 10.1 Å². The number of imide groups is 1. The van der Waals surface area contributed by atoms with Gasteiger partial charge in [0, 0.05) is 12.8 Å². The monoisotopic (exact) mass is 478 g/mol. The van der Waals surface area contributed by atoms with Crippen molar-refractivity contribution >= 4 is 23.6 Å². The van der Waals surface area contributed by atoms with Crippen LogP contribution in [-0.4, -0.2) is 66.3 Å². The molecule has 3 aliphatic heterocycles. The van der Waals surface area contributed by atoms with Gasteiger partial charge in [-0.25, -0.2) is 9.69 Å². The quantitative estimate of drug-likeness (QED) is 0.511. The Hall–Kier alpha value is -3.39. The minimum absolute atomic E-state index is 0.202. The molecular weight excluding hydrogens is 446 g/mol. The van der Waals surface area contributed by atoms with Crippen LogP contribution in [0.15, 0.2) is 42.5 Å². The van der Waals surface area contributed by atoms with Crippen molar-refractivity contribution in [3.05, 3.63) is 59.2 Å². The normalized spacial score (nSPS) is 25.6. The molecule has 3 atom stereocenters. The van der Waals surface area contributed by atoms with Gasteiger partial charge in [-0.1, -0.05) is 18.2 Å². The number of anilines is 1. The van der Waals surface area contributed by atoms with Crippen molar-refractivity contribution in [2.75, 3.05) is 32.2 Å². The molecule has 0 bridgehead atoms. The van der Waals surface area contributed by atoms with Gasteiger partial charge in [-0.15, -0.1) is 0 Å². The fourth-order valence-corrected chi connectivity index (χ4v) is 5.94. The molecule has 8 heteroatoms. The van der Waals surface area contributed by atoms with Crippen LogP contribution in [0, 0.1) is 6.92 Å². The molecule has 3 aliphatic rings. The van der Waals surface area contributed by atoms with Gasteiger partial charge in [0.2, 0.25) is 0 Å². The molecule has 5 rings (SSSR count). The van der Waals surface area contributed by atoms with E-state index in [1.165, 1.54) is 4.90 Å². The number of piperidine rings is 2. The number of nitrogens with zero attached hydrogens (tertiary/aromatic N) is 2. The summed E-state index contributed by atoms with van der Waals surface area (Å²) >= 11 is 0. The molecule has 0 radical (unpaired) electrons. The summed E-state index contributed by atoms with van der Waals surface area (Å²) in [7, 11) is 1.57. The Morgan fingerprint density at radius 1 is 1.06 bits per heavy atom. The Bertz CT molecular complexity index is 1130. The molecule has 2 saturated heterocycles. The maximum absolute atomic E-state index is 13.0. The Kier molecular flexibility index (Phi) is 6.23. The Morgan fingerprint density at radius 3 is 2.51 bits per heavy atom. The van der Waals surface area contributed by atoms with Crippen LogP contribution in [-0.2, 0) is 4.74 Å². The molecule has 3 amide bonds. The SMILES string of the molecule is COc1ccc(C)cc1NC(=O)OC1CC[N+]2(CN3C(=O)c4ccccc4C3=O)CCCCC2C1. The molecule has 2 aromatic carbocycles. The molecule has 3 unspecified atom stereocenters. The highest BCUT2D eigenvalue weighted by Crippen LogP contribution is 2.37. The number of fused-ring (bicyclic) bond motifs is 2. The van der Waals surface area contributed by atoms with Gasteiger partial charge in [0.05, 0.1) is 43.1 Å². The fourth-order valence-electron chi connectivity index (χ4n) is 5.94. The second kappa shape index (κ2) is 9.34. The number of amides is 3. The van der Waals surface area contributed by atoms with E-state index >= 15 is 0 Å². The third kappa shape index (κ3) is 4.38. The summed E-state index contributed by atoms with van der Waals surface area (Å²) in [5, 5.41) is 2.82. The van der Waals surface area contributed by atoms with Gasteiger partial charge in [0.1, 0.15) is 11.9 Å². The Morgan fingerprint density at radius 2 is 1.80 bits per heavy atom. The molecule has 184 valence electrons. The lowest BCUT2D eigenvalue weighted by molar-refractivity contribution is -0.967. The maximum atomic E-state index is 13.0. The smallest absolute Gasteiger partial charge is 0.412 e. The minimum atomic E-state index is -0.491. The van der Waals surface area contributed by atoms with Gasteiger partial charge < -0.3 is 14.0 Å². The van der Waals surface area contributed by atoms with E-state index in [9.17, 15) is 14.4 Å². The number of hydrogen-bond donors (Lipinski definition) is 1. The first-order valence-electron chi connectivity index (χ1n) is 12.3. The second-order valence-corrected chi connectivity index (χ2v) is 9.92. The lowest BCUT2D eigenvalue weighted by Crippen LogP contribution is -2.66. The van der Waals surface area contributed by atoms with Crippen molar-refractivity contribution in [2.24, 2.45) is 0 Å². The lowest BCUT2D eigenvalue weighted by atomic mass is 9.88. The predicted octanol–water partition coefficient (Wildman–Crippen LogP) is 4.34. The third-order valence-corrected chi connectivity index (χ3v) is 7.76. The lowest BCUT2D eigenvalue weighted by Gasteiger charge is -2.52. The predicted molar refractivity (Wildman–Crippen MR) is 130 cm³/mol. The molecule has 0 saturated carbocycles. The first kappa shape index (κ1) is 23.4. The molecule has 8 nitrogen and oxygen atoms in total. The first-order chi connectivity index (χ1) is 16.9. The summed E-state index contributed by atoms with van der Waals surface area (Å²) in [5.41, 5.74) is 2.58. The van der Waals surface area contributed by atoms with E-state index in [1.807, 2.05) is 25.1 Å². The van der Waals surface area contributed by atoms with Crippen LogP contribution in [0.2, 0.25) is 0 Å². The van der Waals surface area contributed by atoms with Gasteiger partial charge in [-0.2, -0.15) is 0 Å². The number of carbonyl (C=O) groups is 3. The number of hydrogen-bond acceptors (Lipinski definition) is 5. The summed E-state index contributed by atoms with van der Waals surface area (Å²) in [6.07, 6.45) is 3.89. The van der Waals surface area contributed by atoms with Crippen LogP contribution >= 0.6 is 0 Å². The van der Waals surface area contributed by atoms with Gasteiger partial charge in [-0.3, -0.25) is 14.9 Å². The zero-order valence-electron chi connectivity index (χ0n) is 20.3. The molecular formula is C27H32N3O5+. The molecule has 0 aromatic heterocycles. The van der Waals surface area contributed by atoms with Crippen molar-refractivity contribution in [3.8, 4) is 5.75 Å². The van der Waals surface area contributed by atoms with Crippen molar-refractivity contribution < 1.29 is 28.3 Å². The fraction of sp³-hybridized carbons (Fsp3) is 0.444. The van der Waals surface area contributed by atoms with E-state index in [1.54, 1.807) is 31.4 Å². The second-order valence-electron chi connectivity index (χ2n) is 9.92. The maximum Gasteiger partial charge on any atom is 0.412 e. The van der Waals surface area contributed by atoms with E-state index in [4.69, 9.17) is 9.47 Å². The standard InChI is InChI=1S/C27H31N3O5/c1-18-10-11-24(34-2)23(15-18)28-27(33)35-20-12-14-30(13-6-5-7-19(30)16-20)17-29-25(31)21-8-3-4-9-22(21)26(29)32/h3-4,8-11,15,19-20H,5-7,12-14,16-17H2,1-2H3/p+1. The average molecular weight is 479 g/mol. The molecule has 2 fully saturated rings.